The largest absolute Gasteiger partial charge is 0.466 e. The number of unbranched alkanes of at least 4 members (excludes halogenated alkanes) is 2. The second kappa shape index (κ2) is 9.37. The summed E-state index contributed by atoms with van der Waals surface area (Å²) in [6.07, 6.45) is 3.49. The number of hydrogen-bond donors (Lipinski definition) is 1. The molecule has 0 unspecified atom stereocenters. The fraction of sp³-hybridized carbons (Fsp3) is 0.500. The predicted molar refractivity (Wildman–Crippen MR) is 85.4 cm³/mol. The standard InChI is InChI=1S/C14H19Br2NO2/c1-2-19-14(18)6-4-3-5-9-17-13-8-7-11(15)10-12(13)16/h7-8,10,17H,2-6,9H2,1H3. The Labute approximate surface area is 131 Å². The number of halogens is 2. The normalized spacial score (nSPS) is 10.3. The Balaban J connectivity index is 2.12. The summed E-state index contributed by atoms with van der Waals surface area (Å²) in [7, 11) is 0. The number of anilines is 1. The number of esters is 1. The lowest BCUT2D eigenvalue weighted by Crippen LogP contribution is -2.05. The molecule has 19 heavy (non-hydrogen) atoms. The SMILES string of the molecule is CCOC(=O)CCCCCNc1ccc(Br)cc1Br. The van der Waals surface area contributed by atoms with Gasteiger partial charge in [-0.1, -0.05) is 22.4 Å². The van der Waals surface area contributed by atoms with Crippen molar-refractivity contribution in [1.29, 1.82) is 0 Å². The van der Waals surface area contributed by atoms with Crippen molar-refractivity contribution in [2.24, 2.45) is 0 Å². The number of hydrogen-bond acceptors (Lipinski definition) is 3. The first kappa shape index (κ1) is 16.5. The Morgan fingerprint density at radius 2 is 2.05 bits per heavy atom. The Bertz CT molecular complexity index is 410. The van der Waals surface area contributed by atoms with E-state index in [1.807, 2.05) is 25.1 Å². The number of rotatable bonds is 8. The zero-order chi connectivity index (χ0) is 14.1. The molecule has 0 aliphatic heterocycles. The molecule has 0 saturated heterocycles. The molecule has 5 heteroatoms. The van der Waals surface area contributed by atoms with Crippen LogP contribution in [0.25, 0.3) is 0 Å². The molecule has 0 saturated carbocycles. The van der Waals surface area contributed by atoms with E-state index >= 15 is 0 Å². The van der Waals surface area contributed by atoms with Gasteiger partial charge in [-0.3, -0.25) is 4.79 Å². The molecule has 0 aliphatic rings. The van der Waals surface area contributed by atoms with E-state index in [-0.39, 0.29) is 5.97 Å². The lowest BCUT2D eigenvalue weighted by molar-refractivity contribution is -0.143. The van der Waals surface area contributed by atoms with Gasteiger partial charge in [-0.15, -0.1) is 0 Å². The monoisotopic (exact) mass is 391 g/mol. The minimum absolute atomic E-state index is 0.0916. The first-order valence-electron chi connectivity index (χ1n) is 6.48. The molecule has 3 nitrogen and oxygen atoms in total. The molecule has 0 heterocycles. The van der Waals surface area contributed by atoms with Crippen LogP contribution in [-0.4, -0.2) is 19.1 Å². The molecule has 1 N–H and O–H groups in total. The summed E-state index contributed by atoms with van der Waals surface area (Å²) in [5, 5.41) is 3.37. The van der Waals surface area contributed by atoms with Crippen LogP contribution in [0.2, 0.25) is 0 Å². The summed E-state index contributed by atoms with van der Waals surface area (Å²) in [5.41, 5.74) is 1.09. The molecule has 1 rings (SSSR count). The smallest absolute Gasteiger partial charge is 0.305 e. The lowest BCUT2D eigenvalue weighted by Gasteiger charge is -2.08. The molecular weight excluding hydrogens is 374 g/mol. The molecule has 0 aromatic heterocycles. The molecule has 0 atom stereocenters. The molecule has 1 aromatic carbocycles. The van der Waals surface area contributed by atoms with Crippen LogP contribution in [0.15, 0.2) is 27.1 Å². The predicted octanol–water partition coefficient (Wildman–Crippen LogP) is 4.75. The fourth-order valence-corrected chi connectivity index (χ4v) is 2.85. The molecule has 0 amide bonds. The van der Waals surface area contributed by atoms with Gasteiger partial charge in [0.1, 0.15) is 0 Å². The topological polar surface area (TPSA) is 38.3 Å². The van der Waals surface area contributed by atoms with Gasteiger partial charge in [0.25, 0.3) is 0 Å². The minimum atomic E-state index is -0.0916. The quantitative estimate of drug-likeness (QED) is 0.512. The average Bonchev–Trinajstić information content (AvgIpc) is 2.36. The zero-order valence-corrected chi connectivity index (χ0v) is 14.2. The highest BCUT2D eigenvalue weighted by atomic mass is 79.9. The van der Waals surface area contributed by atoms with Crippen molar-refractivity contribution in [2.45, 2.75) is 32.6 Å². The number of nitrogens with one attached hydrogen (secondary N) is 1. The van der Waals surface area contributed by atoms with E-state index in [1.54, 1.807) is 0 Å². The molecule has 0 bridgehead atoms. The van der Waals surface area contributed by atoms with Crippen molar-refractivity contribution < 1.29 is 9.53 Å². The van der Waals surface area contributed by atoms with E-state index in [0.717, 1.165) is 40.4 Å². The minimum Gasteiger partial charge on any atom is -0.466 e. The average molecular weight is 393 g/mol. The Morgan fingerprint density at radius 1 is 1.26 bits per heavy atom. The third-order valence-corrected chi connectivity index (χ3v) is 3.76. The molecule has 0 radical (unpaired) electrons. The third-order valence-electron chi connectivity index (χ3n) is 2.61. The highest BCUT2D eigenvalue weighted by Crippen LogP contribution is 2.26. The van der Waals surface area contributed by atoms with Crippen LogP contribution in [0.3, 0.4) is 0 Å². The highest BCUT2D eigenvalue weighted by Gasteiger charge is 2.02. The maximum absolute atomic E-state index is 11.1. The van der Waals surface area contributed by atoms with Crippen LogP contribution >= 0.6 is 31.9 Å². The molecule has 1 aromatic rings. The Morgan fingerprint density at radius 3 is 2.74 bits per heavy atom. The van der Waals surface area contributed by atoms with Crippen molar-refractivity contribution in [3.8, 4) is 0 Å². The van der Waals surface area contributed by atoms with Crippen LogP contribution < -0.4 is 5.32 Å². The number of ether oxygens (including phenoxy) is 1. The lowest BCUT2D eigenvalue weighted by atomic mass is 10.2. The molecular formula is C14H19Br2NO2. The van der Waals surface area contributed by atoms with Gasteiger partial charge in [0.05, 0.1) is 6.61 Å². The van der Waals surface area contributed by atoms with E-state index in [1.165, 1.54) is 0 Å². The number of benzene rings is 1. The van der Waals surface area contributed by atoms with Gasteiger partial charge in [0.15, 0.2) is 0 Å². The van der Waals surface area contributed by atoms with E-state index in [2.05, 4.69) is 37.2 Å². The van der Waals surface area contributed by atoms with Gasteiger partial charge in [-0.2, -0.15) is 0 Å². The maximum Gasteiger partial charge on any atom is 0.305 e. The van der Waals surface area contributed by atoms with Gasteiger partial charge in [0, 0.05) is 27.6 Å². The Kier molecular flexibility index (Phi) is 8.14. The van der Waals surface area contributed by atoms with E-state index in [9.17, 15) is 4.79 Å². The van der Waals surface area contributed by atoms with Gasteiger partial charge in [-0.25, -0.2) is 0 Å². The van der Waals surface area contributed by atoms with Gasteiger partial charge < -0.3 is 10.1 Å². The van der Waals surface area contributed by atoms with Crippen molar-refractivity contribution in [1.82, 2.24) is 0 Å². The van der Waals surface area contributed by atoms with Crippen molar-refractivity contribution in [3.63, 3.8) is 0 Å². The second-order valence-electron chi connectivity index (χ2n) is 4.17. The van der Waals surface area contributed by atoms with Crippen LogP contribution in [0, 0.1) is 0 Å². The van der Waals surface area contributed by atoms with E-state index < -0.39 is 0 Å². The fourth-order valence-electron chi connectivity index (χ4n) is 1.66. The molecule has 0 spiro atoms. The number of carbonyl (C=O) groups excluding carboxylic acids is 1. The first-order valence-corrected chi connectivity index (χ1v) is 8.06. The summed E-state index contributed by atoms with van der Waals surface area (Å²) < 4.78 is 6.98. The molecule has 0 fully saturated rings. The first-order chi connectivity index (χ1) is 9.13. The zero-order valence-electron chi connectivity index (χ0n) is 11.0. The van der Waals surface area contributed by atoms with Crippen molar-refractivity contribution >= 4 is 43.5 Å². The van der Waals surface area contributed by atoms with Crippen molar-refractivity contribution in [2.75, 3.05) is 18.5 Å². The summed E-state index contributed by atoms with van der Waals surface area (Å²) in [6.45, 7) is 3.21. The van der Waals surface area contributed by atoms with Gasteiger partial charge in [-0.05, 0) is 53.9 Å². The summed E-state index contributed by atoms with van der Waals surface area (Å²) in [4.78, 5) is 11.1. The molecule has 106 valence electrons. The summed E-state index contributed by atoms with van der Waals surface area (Å²) >= 11 is 6.94. The number of carbonyl (C=O) groups is 1. The highest BCUT2D eigenvalue weighted by molar-refractivity contribution is 9.11. The van der Waals surface area contributed by atoms with Crippen molar-refractivity contribution in [3.05, 3.63) is 27.1 Å². The summed E-state index contributed by atoms with van der Waals surface area (Å²) in [5.74, 6) is -0.0916. The molecule has 0 aliphatic carbocycles. The third kappa shape index (κ3) is 6.97. The summed E-state index contributed by atoms with van der Waals surface area (Å²) in [6, 6.07) is 6.06. The maximum atomic E-state index is 11.1. The van der Waals surface area contributed by atoms with E-state index in [4.69, 9.17) is 4.74 Å². The van der Waals surface area contributed by atoms with Crippen LogP contribution in [0.1, 0.15) is 32.6 Å². The second-order valence-corrected chi connectivity index (χ2v) is 5.94. The van der Waals surface area contributed by atoms with E-state index in [0.29, 0.717) is 13.0 Å². The van der Waals surface area contributed by atoms with Gasteiger partial charge >= 0.3 is 5.97 Å². The van der Waals surface area contributed by atoms with Crippen LogP contribution in [-0.2, 0) is 9.53 Å². The Hall–Kier alpha value is -0.550. The van der Waals surface area contributed by atoms with Gasteiger partial charge in [0.2, 0.25) is 0 Å². The van der Waals surface area contributed by atoms with Crippen LogP contribution in [0.4, 0.5) is 5.69 Å². The van der Waals surface area contributed by atoms with Crippen LogP contribution in [0.5, 0.6) is 0 Å².